The van der Waals surface area contributed by atoms with Crippen LogP contribution in [0.1, 0.15) is 19.4 Å². The summed E-state index contributed by atoms with van der Waals surface area (Å²) < 4.78 is 15.4. The Balaban J connectivity index is 2.11. The molecule has 1 heterocycles. The summed E-state index contributed by atoms with van der Waals surface area (Å²) in [5, 5.41) is 2.61. The molecule has 0 radical (unpaired) electrons. The fraction of sp³-hybridized carbons (Fsp3) is 0.421. The minimum absolute atomic E-state index is 0.296. The highest BCUT2D eigenvalue weighted by Gasteiger charge is 2.49. The number of carbonyl (C=O) groups is 3. The van der Waals surface area contributed by atoms with E-state index in [4.69, 9.17) is 9.47 Å². The van der Waals surface area contributed by atoms with Crippen molar-refractivity contribution in [2.24, 2.45) is 0 Å². The van der Waals surface area contributed by atoms with E-state index in [0.717, 1.165) is 5.56 Å². The van der Waals surface area contributed by atoms with Gasteiger partial charge in [0.1, 0.15) is 11.6 Å². The first-order chi connectivity index (χ1) is 12.3. The number of nitrogens with one attached hydrogen (secondary N) is 1. The standard InChI is InChI=1S/C19H23NO6/c1-13(21)20-15(11-14-7-5-4-6-8-14)18(23)26-16(19(2)12-25-19)9-10-17(22)24-3/h4-10,15-16H,11-12H2,1-3H3,(H,20,21)/b10-9+/t15-,16+,19-/m1/s1. The van der Waals surface area contributed by atoms with Gasteiger partial charge in [0, 0.05) is 19.4 Å². The zero-order valence-corrected chi connectivity index (χ0v) is 15.1. The third kappa shape index (κ3) is 5.70. The normalized spacial score (nSPS) is 20.9. The minimum atomic E-state index is -0.841. The lowest BCUT2D eigenvalue weighted by Gasteiger charge is -2.22. The van der Waals surface area contributed by atoms with Gasteiger partial charge in [-0.15, -0.1) is 0 Å². The third-order valence-electron chi connectivity index (χ3n) is 4.00. The Hall–Kier alpha value is -2.67. The maximum absolute atomic E-state index is 12.6. The van der Waals surface area contributed by atoms with Gasteiger partial charge in [-0.1, -0.05) is 30.3 Å². The van der Waals surface area contributed by atoms with Gasteiger partial charge in [0.2, 0.25) is 5.91 Å². The fourth-order valence-corrected chi connectivity index (χ4v) is 2.38. The van der Waals surface area contributed by atoms with E-state index in [9.17, 15) is 14.4 Å². The SMILES string of the molecule is COC(=O)/C=C/[C@H](OC(=O)[C@@H](Cc1ccccc1)NC(C)=O)[C@@]1(C)CO1. The van der Waals surface area contributed by atoms with Crippen molar-refractivity contribution in [3.05, 3.63) is 48.0 Å². The van der Waals surface area contributed by atoms with Crippen LogP contribution >= 0.6 is 0 Å². The van der Waals surface area contributed by atoms with Gasteiger partial charge >= 0.3 is 11.9 Å². The van der Waals surface area contributed by atoms with Crippen LogP contribution in [-0.2, 0) is 35.0 Å². The van der Waals surface area contributed by atoms with E-state index in [0.29, 0.717) is 13.0 Å². The molecule has 1 aromatic carbocycles. The molecule has 1 amide bonds. The van der Waals surface area contributed by atoms with Crippen LogP contribution in [0.5, 0.6) is 0 Å². The molecule has 2 rings (SSSR count). The first-order valence-electron chi connectivity index (χ1n) is 8.25. The molecule has 0 bridgehead atoms. The molecule has 7 heteroatoms. The molecule has 0 aromatic heterocycles. The van der Waals surface area contributed by atoms with Gasteiger partial charge in [0.15, 0.2) is 6.10 Å². The molecule has 1 aliphatic rings. The number of hydrogen-bond donors (Lipinski definition) is 1. The lowest BCUT2D eigenvalue weighted by molar-refractivity contribution is -0.153. The number of carbonyl (C=O) groups excluding carboxylic acids is 3. The lowest BCUT2D eigenvalue weighted by Crippen LogP contribution is -2.45. The van der Waals surface area contributed by atoms with Gasteiger partial charge in [-0.25, -0.2) is 9.59 Å². The van der Waals surface area contributed by atoms with Crippen molar-refractivity contribution in [1.82, 2.24) is 5.32 Å². The van der Waals surface area contributed by atoms with Gasteiger partial charge in [-0.05, 0) is 18.6 Å². The number of esters is 2. The van der Waals surface area contributed by atoms with Crippen LogP contribution in [0.15, 0.2) is 42.5 Å². The maximum Gasteiger partial charge on any atom is 0.330 e. The van der Waals surface area contributed by atoms with E-state index >= 15 is 0 Å². The van der Waals surface area contributed by atoms with Crippen molar-refractivity contribution in [3.8, 4) is 0 Å². The Morgan fingerprint density at radius 2 is 1.96 bits per heavy atom. The number of rotatable bonds is 8. The summed E-state index contributed by atoms with van der Waals surface area (Å²) in [5.74, 6) is -1.49. The van der Waals surface area contributed by atoms with Gasteiger partial charge in [0.05, 0.1) is 13.7 Å². The number of amides is 1. The van der Waals surface area contributed by atoms with Crippen LogP contribution in [0.3, 0.4) is 0 Å². The van der Waals surface area contributed by atoms with E-state index in [1.165, 1.54) is 26.2 Å². The highest BCUT2D eigenvalue weighted by molar-refractivity contribution is 5.84. The van der Waals surface area contributed by atoms with Crippen LogP contribution in [0.2, 0.25) is 0 Å². The molecule has 3 atom stereocenters. The molecule has 1 saturated heterocycles. The van der Waals surface area contributed by atoms with E-state index in [1.54, 1.807) is 6.92 Å². The summed E-state index contributed by atoms with van der Waals surface area (Å²) in [5.41, 5.74) is 0.201. The van der Waals surface area contributed by atoms with Crippen molar-refractivity contribution in [3.63, 3.8) is 0 Å². The largest absolute Gasteiger partial charge is 0.466 e. The van der Waals surface area contributed by atoms with Crippen molar-refractivity contribution < 1.29 is 28.6 Å². The van der Waals surface area contributed by atoms with E-state index < -0.39 is 29.7 Å². The predicted octanol–water partition coefficient (Wildman–Crippen LogP) is 1.16. The zero-order valence-electron chi connectivity index (χ0n) is 15.1. The monoisotopic (exact) mass is 361 g/mol. The molecule has 0 aliphatic carbocycles. The highest BCUT2D eigenvalue weighted by atomic mass is 16.6. The van der Waals surface area contributed by atoms with E-state index in [1.807, 2.05) is 30.3 Å². The summed E-state index contributed by atoms with van der Waals surface area (Å²) in [6, 6.07) is 8.46. The first kappa shape index (κ1) is 19.7. The average molecular weight is 361 g/mol. The Labute approximate surface area is 152 Å². The molecule has 1 aromatic rings. The molecule has 1 aliphatic heterocycles. The van der Waals surface area contributed by atoms with Crippen molar-refractivity contribution in [2.45, 2.75) is 38.0 Å². The topological polar surface area (TPSA) is 94.2 Å². The van der Waals surface area contributed by atoms with Gasteiger partial charge in [-0.2, -0.15) is 0 Å². The van der Waals surface area contributed by atoms with Gasteiger partial charge in [0.25, 0.3) is 0 Å². The second-order valence-electron chi connectivity index (χ2n) is 6.28. The van der Waals surface area contributed by atoms with Crippen LogP contribution in [0.25, 0.3) is 0 Å². The second-order valence-corrected chi connectivity index (χ2v) is 6.28. The smallest absolute Gasteiger partial charge is 0.330 e. The molecule has 0 unspecified atom stereocenters. The summed E-state index contributed by atoms with van der Waals surface area (Å²) in [6.07, 6.45) is 2.16. The van der Waals surface area contributed by atoms with Crippen molar-refractivity contribution in [1.29, 1.82) is 0 Å². The third-order valence-corrected chi connectivity index (χ3v) is 4.00. The Morgan fingerprint density at radius 1 is 1.31 bits per heavy atom. The highest BCUT2D eigenvalue weighted by Crippen LogP contribution is 2.33. The molecule has 26 heavy (non-hydrogen) atoms. The van der Waals surface area contributed by atoms with Gasteiger partial charge in [-0.3, -0.25) is 4.79 Å². The van der Waals surface area contributed by atoms with Crippen LogP contribution in [-0.4, -0.2) is 49.3 Å². The van der Waals surface area contributed by atoms with Crippen molar-refractivity contribution >= 4 is 17.8 Å². The quantitative estimate of drug-likeness (QED) is 0.424. The average Bonchev–Trinajstić information content (AvgIpc) is 3.36. The van der Waals surface area contributed by atoms with E-state index in [2.05, 4.69) is 10.1 Å². The summed E-state index contributed by atoms with van der Waals surface area (Å²) in [7, 11) is 1.26. The maximum atomic E-state index is 12.6. The van der Waals surface area contributed by atoms with Crippen LogP contribution in [0, 0.1) is 0 Å². The molecule has 0 saturated carbocycles. The Bertz CT molecular complexity index is 681. The lowest BCUT2D eigenvalue weighted by atomic mass is 10.0. The van der Waals surface area contributed by atoms with E-state index in [-0.39, 0.29) is 5.91 Å². The number of hydrogen-bond acceptors (Lipinski definition) is 6. The molecule has 1 fully saturated rings. The van der Waals surface area contributed by atoms with Crippen LogP contribution < -0.4 is 5.32 Å². The number of benzene rings is 1. The Kier molecular flexibility index (Phi) is 6.52. The van der Waals surface area contributed by atoms with Crippen LogP contribution in [0.4, 0.5) is 0 Å². The minimum Gasteiger partial charge on any atom is -0.466 e. The first-order valence-corrected chi connectivity index (χ1v) is 8.25. The number of methoxy groups -OCH3 is 1. The number of ether oxygens (including phenoxy) is 3. The van der Waals surface area contributed by atoms with Crippen molar-refractivity contribution in [2.75, 3.05) is 13.7 Å². The molecule has 7 nitrogen and oxygen atoms in total. The molecule has 140 valence electrons. The summed E-state index contributed by atoms with van der Waals surface area (Å²) >= 11 is 0. The molecule has 1 N–H and O–H groups in total. The summed E-state index contributed by atoms with van der Waals surface area (Å²) in [6.45, 7) is 3.52. The zero-order chi connectivity index (χ0) is 19.2. The second kappa shape index (κ2) is 8.62. The fourth-order valence-electron chi connectivity index (χ4n) is 2.38. The Morgan fingerprint density at radius 3 is 2.50 bits per heavy atom. The molecular formula is C19H23NO6. The predicted molar refractivity (Wildman–Crippen MR) is 93.1 cm³/mol. The van der Waals surface area contributed by atoms with Gasteiger partial charge < -0.3 is 19.5 Å². The summed E-state index contributed by atoms with van der Waals surface area (Å²) in [4.78, 5) is 35.4. The number of epoxide rings is 1. The molecular weight excluding hydrogens is 338 g/mol. The molecule has 0 spiro atoms.